The Hall–Kier alpha value is -4.28. The number of amides is 2. The maximum Gasteiger partial charge on any atom is 0.408 e. The molecule has 2 fully saturated rings. The van der Waals surface area contributed by atoms with Gasteiger partial charge in [-0.15, -0.1) is 4.28 Å². The third kappa shape index (κ3) is 7.18. The largest absolute Gasteiger partial charge is 0.408 e. The molecular weight excluding hydrogens is 668 g/mol. The van der Waals surface area contributed by atoms with Crippen molar-refractivity contribution in [1.29, 1.82) is 0 Å². The van der Waals surface area contributed by atoms with Crippen LogP contribution >= 0.6 is 11.6 Å². The lowest BCUT2D eigenvalue weighted by Crippen LogP contribution is -2.48. The number of alkyl halides is 3. The predicted octanol–water partition coefficient (Wildman–Crippen LogP) is 5.06. The summed E-state index contributed by atoms with van der Waals surface area (Å²) in [5.74, 6) is -2.33. The molecule has 1 saturated carbocycles. The van der Waals surface area contributed by atoms with Crippen molar-refractivity contribution < 1.29 is 39.9 Å². The summed E-state index contributed by atoms with van der Waals surface area (Å²) in [6.45, 7) is -0.929. The van der Waals surface area contributed by atoms with Crippen molar-refractivity contribution in [1.82, 2.24) is 24.7 Å². The minimum atomic E-state index is -5.02. The Morgan fingerprint density at radius 2 is 1.81 bits per heavy atom. The second-order valence-corrected chi connectivity index (χ2v) is 13.3. The third-order valence-corrected chi connectivity index (χ3v) is 9.31. The van der Waals surface area contributed by atoms with Gasteiger partial charge in [-0.2, -0.15) is 31.8 Å². The number of hydroxylamine groups is 2. The molecule has 2 amide bonds. The third-order valence-electron chi connectivity index (χ3n) is 7.71. The fourth-order valence-corrected chi connectivity index (χ4v) is 6.30. The molecule has 6 rings (SSSR count). The number of nitrogens with one attached hydrogen (secondary N) is 1. The Morgan fingerprint density at radius 3 is 2.47 bits per heavy atom. The number of aromatic nitrogens is 3. The lowest BCUT2D eigenvalue weighted by molar-refractivity contribution is -0.202. The number of likely N-dealkylation sites (tertiary alicyclic amines) is 1. The number of hydrogen-bond acceptors (Lipinski definition) is 8. The van der Waals surface area contributed by atoms with Crippen molar-refractivity contribution in [2.24, 2.45) is 0 Å². The quantitative estimate of drug-likeness (QED) is 0.181. The van der Waals surface area contributed by atoms with Gasteiger partial charge in [-0.3, -0.25) is 14.3 Å². The number of halogens is 5. The first-order valence-electron chi connectivity index (χ1n) is 14.4. The SMILES string of the molecule is Cc1ccc(S(=O)(=O)ON(CC(F)(F)F)C(=O)Cn2nc(C3CN(C(=O)c4ccnc(NC5CC5)c4)C3)c3c(Cl)c(F)ccc32)cc1. The molecule has 11 nitrogen and oxygen atoms in total. The van der Waals surface area contributed by atoms with E-state index in [-0.39, 0.29) is 45.7 Å². The molecule has 2 aliphatic rings. The van der Waals surface area contributed by atoms with Gasteiger partial charge in [-0.25, -0.2) is 9.37 Å². The second kappa shape index (κ2) is 12.4. The molecule has 2 aromatic heterocycles. The van der Waals surface area contributed by atoms with Gasteiger partial charge in [0.15, 0.2) is 0 Å². The molecule has 0 bridgehead atoms. The molecule has 1 aliphatic carbocycles. The van der Waals surface area contributed by atoms with Gasteiger partial charge in [0.2, 0.25) is 0 Å². The van der Waals surface area contributed by atoms with Crippen molar-refractivity contribution in [3.05, 3.63) is 82.4 Å². The second-order valence-electron chi connectivity index (χ2n) is 11.4. The number of nitrogens with zero attached hydrogens (tertiary/aromatic N) is 5. The fourth-order valence-electron chi connectivity index (χ4n) is 5.11. The van der Waals surface area contributed by atoms with Crippen LogP contribution in [0.1, 0.15) is 40.4 Å². The number of benzene rings is 2. The van der Waals surface area contributed by atoms with Crippen LogP contribution < -0.4 is 5.32 Å². The number of aryl methyl sites for hydroxylation is 1. The van der Waals surface area contributed by atoms with E-state index in [1.165, 1.54) is 24.4 Å². The molecule has 0 radical (unpaired) electrons. The first-order valence-corrected chi connectivity index (χ1v) is 16.2. The monoisotopic (exact) mass is 694 g/mol. The number of anilines is 1. The van der Waals surface area contributed by atoms with Crippen LogP contribution in [-0.4, -0.2) is 76.8 Å². The topological polar surface area (TPSA) is 127 Å². The van der Waals surface area contributed by atoms with Crippen molar-refractivity contribution in [3.63, 3.8) is 0 Å². The summed E-state index contributed by atoms with van der Waals surface area (Å²) in [5, 5.41) is 7.12. The maximum absolute atomic E-state index is 14.6. The van der Waals surface area contributed by atoms with E-state index >= 15 is 0 Å². The molecule has 17 heteroatoms. The van der Waals surface area contributed by atoms with Crippen molar-refractivity contribution in [2.75, 3.05) is 25.0 Å². The van der Waals surface area contributed by atoms with Crippen LogP contribution in [0.4, 0.5) is 23.4 Å². The van der Waals surface area contributed by atoms with Crippen molar-refractivity contribution >= 4 is 50.3 Å². The minimum Gasteiger partial charge on any atom is -0.367 e. The van der Waals surface area contributed by atoms with Crippen LogP contribution in [0.5, 0.6) is 0 Å². The van der Waals surface area contributed by atoms with Crippen LogP contribution in [0.2, 0.25) is 5.02 Å². The molecule has 3 heterocycles. The minimum absolute atomic E-state index is 0.114. The van der Waals surface area contributed by atoms with Crippen LogP contribution in [0.3, 0.4) is 0 Å². The number of carbonyl (C=O) groups is 2. The zero-order valence-corrected chi connectivity index (χ0v) is 26.2. The van der Waals surface area contributed by atoms with Gasteiger partial charge in [-0.05, 0) is 56.2 Å². The molecule has 4 aromatic rings. The van der Waals surface area contributed by atoms with E-state index in [1.807, 2.05) is 0 Å². The van der Waals surface area contributed by atoms with Crippen LogP contribution in [0, 0.1) is 12.7 Å². The molecular formula is C30H27ClF4N6O5S. The van der Waals surface area contributed by atoms with E-state index in [0.717, 1.165) is 35.7 Å². The smallest absolute Gasteiger partial charge is 0.367 e. The van der Waals surface area contributed by atoms with Crippen LogP contribution in [0.25, 0.3) is 10.9 Å². The van der Waals surface area contributed by atoms with Gasteiger partial charge in [0.25, 0.3) is 11.8 Å². The van der Waals surface area contributed by atoms with Crippen molar-refractivity contribution in [3.8, 4) is 0 Å². The molecule has 1 aliphatic heterocycles. The summed E-state index contributed by atoms with van der Waals surface area (Å²) >= 11 is 6.31. The summed E-state index contributed by atoms with van der Waals surface area (Å²) in [4.78, 5) is 31.7. The first kappa shape index (κ1) is 32.7. The highest BCUT2D eigenvalue weighted by molar-refractivity contribution is 7.86. The van der Waals surface area contributed by atoms with E-state index in [9.17, 15) is 35.6 Å². The van der Waals surface area contributed by atoms with Gasteiger partial charge in [0.05, 0.1) is 21.1 Å². The Kier molecular flexibility index (Phi) is 8.61. The average molecular weight is 695 g/mol. The highest BCUT2D eigenvalue weighted by Crippen LogP contribution is 2.37. The number of fused-ring (bicyclic) bond motifs is 1. The Balaban J connectivity index is 1.23. The fraction of sp³-hybridized carbons (Fsp3) is 0.333. The molecule has 0 atom stereocenters. The highest BCUT2D eigenvalue weighted by atomic mass is 35.5. The molecule has 0 spiro atoms. The summed E-state index contributed by atoms with van der Waals surface area (Å²) in [6.07, 6.45) is -1.43. The highest BCUT2D eigenvalue weighted by Gasteiger charge is 2.39. The number of carbonyl (C=O) groups excluding carboxylic acids is 2. The molecule has 0 unspecified atom stereocenters. The van der Waals surface area contributed by atoms with Gasteiger partial charge < -0.3 is 10.2 Å². The van der Waals surface area contributed by atoms with Gasteiger partial charge in [-0.1, -0.05) is 29.3 Å². The van der Waals surface area contributed by atoms with E-state index in [1.54, 1.807) is 24.0 Å². The van der Waals surface area contributed by atoms with Crippen LogP contribution in [0.15, 0.2) is 59.6 Å². The molecule has 1 saturated heterocycles. The zero-order valence-electron chi connectivity index (χ0n) is 24.7. The molecule has 1 N–H and O–H groups in total. The van der Waals surface area contributed by atoms with Crippen LogP contribution in [-0.2, 0) is 25.7 Å². The lowest BCUT2D eigenvalue weighted by atomic mass is 9.93. The molecule has 47 heavy (non-hydrogen) atoms. The normalized spacial score (nSPS) is 15.5. The Bertz CT molecular complexity index is 1960. The van der Waals surface area contributed by atoms with E-state index in [0.29, 0.717) is 23.0 Å². The summed E-state index contributed by atoms with van der Waals surface area (Å²) in [7, 11) is -4.83. The zero-order chi connectivity index (χ0) is 33.7. The standard InChI is InChI=1S/C30H27ClF4N6O5S/c1-17-2-6-21(7-3-17)47(44,45)46-41(16-30(33,34)35)25(42)15-40-23-9-8-22(32)27(31)26(23)28(38-40)19-13-39(14-19)29(43)18-10-11-36-24(12-18)37-20-4-5-20/h2-3,6-12,19-20H,4-5,13-16H2,1H3,(H,36,37). The van der Waals surface area contributed by atoms with E-state index in [2.05, 4.69) is 19.7 Å². The number of pyridine rings is 1. The summed E-state index contributed by atoms with van der Waals surface area (Å²) in [6, 6.07) is 11.0. The average Bonchev–Trinajstić information content (AvgIpc) is 3.72. The van der Waals surface area contributed by atoms with E-state index < -0.39 is 51.9 Å². The predicted molar refractivity (Wildman–Crippen MR) is 161 cm³/mol. The van der Waals surface area contributed by atoms with Gasteiger partial charge >= 0.3 is 16.3 Å². The van der Waals surface area contributed by atoms with E-state index in [4.69, 9.17) is 11.6 Å². The molecule has 248 valence electrons. The maximum atomic E-state index is 14.6. The Morgan fingerprint density at radius 1 is 1.11 bits per heavy atom. The van der Waals surface area contributed by atoms with Gasteiger partial charge in [0.1, 0.15) is 24.7 Å². The number of rotatable bonds is 10. The first-order chi connectivity index (χ1) is 22.2. The van der Waals surface area contributed by atoms with Gasteiger partial charge in [0, 0.05) is 42.2 Å². The summed E-state index contributed by atoms with van der Waals surface area (Å²) < 4.78 is 86.3. The number of hydrogen-bond donors (Lipinski definition) is 1. The molecule has 2 aromatic carbocycles. The Labute approximate surface area is 271 Å². The lowest BCUT2D eigenvalue weighted by Gasteiger charge is -2.38. The summed E-state index contributed by atoms with van der Waals surface area (Å²) in [5.41, 5.74) is 1.44. The van der Waals surface area contributed by atoms with Crippen molar-refractivity contribution in [2.45, 2.75) is 49.3 Å².